The van der Waals surface area contributed by atoms with Crippen LogP contribution in [0.4, 0.5) is 0 Å². The van der Waals surface area contributed by atoms with E-state index in [-0.39, 0.29) is 17.2 Å². The molecule has 3 aliphatic rings. The maximum absolute atomic E-state index is 13.3. The van der Waals surface area contributed by atoms with Gasteiger partial charge in [0.15, 0.2) is 0 Å². The molecule has 25 heavy (non-hydrogen) atoms. The molecule has 2 amide bonds. The summed E-state index contributed by atoms with van der Waals surface area (Å²) in [7, 11) is 2.12. The third-order valence-electron chi connectivity index (χ3n) is 6.65. The molecule has 5 nitrogen and oxygen atoms in total. The lowest BCUT2D eigenvalue weighted by atomic mass is 9.76. The van der Waals surface area contributed by atoms with Gasteiger partial charge in [0.25, 0.3) is 0 Å². The highest BCUT2D eigenvalue weighted by atomic mass is 16.2. The molecule has 0 aromatic rings. The molecule has 0 bridgehead atoms. The minimum Gasteiger partial charge on any atom is -0.341 e. The van der Waals surface area contributed by atoms with Crippen LogP contribution in [-0.4, -0.2) is 72.8 Å². The van der Waals surface area contributed by atoms with Gasteiger partial charge in [0.1, 0.15) is 0 Å². The van der Waals surface area contributed by atoms with E-state index in [1.165, 1.54) is 12.8 Å². The first kappa shape index (κ1) is 18.7. The number of carbonyl (C=O) groups is 2. The fourth-order valence-corrected chi connectivity index (χ4v) is 4.90. The molecule has 2 saturated heterocycles. The Morgan fingerprint density at radius 1 is 1.04 bits per heavy atom. The van der Waals surface area contributed by atoms with Crippen LogP contribution in [0.5, 0.6) is 0 Å². The molecule has 0 aromatic heterocycles. The van der Waals surface area contributed by atoms with Gasteiger partial charge >= 0.3 is 0 Å². The predicted molar refractivity (Wildman–Crippen MR) is 99.1 cm³/mol. The lowest BCUT2D eigenvalue weighted by molar-refractivity contribution is -0.140. The van der Waals surface area contributed by atoms with E-state index in [1.807, 2.05) is 4.90 Å². The van der Waals surface area contributed by atoms with Crippen molar-refractivity contribution in [2.75, 3.05) is 46.3 Å². The highest BCUT2D eigenvalue weighted by molar-refractivity contribution is 5.83. The summed E-state index contributed by atoms with van der Waals surface area (Å²) < 4.78 is 0. The third kappa shape index (κ3) is 4.02. The molecule has 1 saturated carbocycles. The first-order chi connectivity index (χ1) is 11.9. The van der Waals surface area contributed by atoms with Crippen LogP contribution in [0.25, 0.3) is 0 Å². The van der Waals surface area contributed by atoms with Crippen molar-refractivity contribution in [1.29, 1.82) is 0 Å². The summed E-state index contributed by atoms with van der Waals surface area (Å²) >= 11 is 0. The van der Waals surface area contributed by atoms with E-state index >= 15 is 0 Å². The normalized spacial score (nSPS) is 26.8. The monoisotopic (exact) mass is 349 g/mol. The Bertz CT molecular complexity index is 491. The van der Waals surface area contributed by atoms with Gasteiger partial charge in [-0.1, -0.05) is 26.7 Å². The molecular formula is C20H35N3O2. The summed E-state index contributed by atoms with van der Waals surface area (Å²) in [5.74, 6) is 1.15. The zero-order valence-corrected chi connectivity index (χ0v) is 16.3. The predicted octanol–water partition coefficient (Wildman–Crippen LogP) is 2.22. The van der Waals surface area contributed by atoms with Crippen molar-refractivity contribution in [3.63, 3.8) is 0 Å². The number of amides is 2. The second kappa shape index (κ2) is 7.65. The highest BCUT2D eigenvalue weighted by Gasteiger charge is 2.53. The van der Waals surface area contributed by atoms with Crippen molar-refractivity contribution in [3.8, 4) is 0 Å². The molecule has 3 rings (SSSR count). The van der Waals surface area contributed by atoms with Crippen LogP contribution in [0.2, 0.25) is 0 Å². The number of likely N-dealkylation sites (tertiary alicyclic amines) is 1. The van der Waals surface area contributed by atoms with E-state index < -0.39 is 0 Å². The molecule has 142 valence electrons. The van der Waals surface area contributed by atoms with Gasteiger partial charge in [-0.25, -0.2) is 0 Å². The van der Waals surface area contributed by atoms with Crippen molar-refractivity contribution in [3.05, 3.63) is 0 Å². The number of nitrogens with zero attached hydrogens (tertiary/aromatic N) is 3. The first-order valence-electron chi connectivity index (χ1n) is 10.2. The maximum Gasteiger partial charge on any atom is 0.228 e. The zero-order chi connectivity index (χ0) is 18.0. The van der Waals surface area contributed by atoms with Gasteiger partial charge in [-0.2, -0.15) is 0 Å². The minimum atomic E-state index is 0.0291. The van der Waals surface area contributed by atoms with Crippen LogP contribution >= 0.6 is 0 Å². The van der Waals surface area contributed by atoms with Crippen molar-refractivity contribution < 1.29 is 9.59 Å². The van der Waals surface area contributed by atoms with Crippen molar-refractivity contribution in [1.82, 2.24) is 14.7 Å². The summed E-state index contributed by atoms with van der Waals surface area (Å²) in [6.45, 7) is 9.39. The van der Waals surface area contributed by atoms with Crippen LogP contribution in [0.1, 0.15) is 52.4 Å². The number of rotatable bonds is 4. The quantitative estimate of drug-likeness (QED) is 0.782. The zero-order valence-electron chi connectivity index (χ0n) is 16.3. The molecule has 1 atom stereocenters. The molecule has 2 aliphatic heterocycles. The molecule has 1 spiro atoms. The Hall–Kier alpha value is -1.10. The number of piperazine rings is 1. The third-order valence-corrected chi connectivity index (χ3v) is 6.65. The number of hydrogen-bond acceptors (Lipinski definition) is 3. The molecule has 1 aliphatic carbocycles. The Labute approximate surface area is 152 Å². The molecular weight excluding hydrogens is 314 g/mol. The van der Waals surface area contributed by atoms with Crippen LogP contribution in [0.3, 0.4) is 0 Å². The second-order valence-corrected chi connectivity index (χ2v) is 8.96. The molecule has 0 aromatic carbocycles. The SMILES string of the molecule is CC(C)CCC(=O)N1CC(C(=O)N2CCN(C)CC2)C2(CCCC2)C1. The van der Waals surface area contributed by atoms with Gasteiger partial charge in [0.05, 0.1) is 5.92 Å². The van der Waals surface area contributed by atoms with Gasteiger partial charge in [-0.3, -0.25) is 9.59 Å². The standard InChI is InChI=1S/C20H35N3O2/c1-16(2)6-7-18(24)23-14-17(20(15-23)8-4-5-9-20)19(25)22-12-10-21(3)11-13-22/h16-17H,4-15H2,1-3H3. The lowest BCUT2D eigenvalue weighted by Gasteiger charge is -2.37. The van der Waals surface area contributed by atoms with Gasteiger partial charge in [0, 0.05) is 51.1 Å². The molecule has 2 heterocycles. The average Bonchev–Trinajstić information content (AvgIpc) is 3.21. The first-order valence-corrected chi connectivity index (χ1v) is 10.2. The highest BCUT2D eigenvalue weighted by Crippen LogP contribution is 2.49. The average molecular weight is 350 g/mol. The Morgan fingerprint density at radius 3 is 2.28 bits per heavy atom. The molecule has 3 fully saturated rings. The van der Waals surface area contributed by atoms with Crippen LogP contribution in [0, 0.1) is 17.3 Å². The number of hydrogen-bond donors (Lipinski definition) is 0. The number of carbonyl (C=O) groups excluding carboxylic acids is 2. The van der Waals surface area contributed by atoms with Crippen LogP contribution in [0.15, 0.2) is 0 Å². The van der Waals surface area contributed by atoms with E-state index in [9.17, 15) is 9.59 Å². The molecule has 5 heteroatoms. The Morgan fingerprint density at radius 2 is 1.68 bits per heavy atom. The number of likely N-dealkylation sites (N-methyl/N-ethyl adjacent to an activating group) is 1. The summed E-state index contributed by atoms with van der Waals surface area (Å²) in [6, 6.07) is 0. The van der Waals surface area contributed by atoms with E-state index in [2.05, 4.69) is 30.7 Å². The fraction of sp³-hybridized carbons (Fsp3) is 0.900. The largest absolute Gasteiger partial charge is 0.341 e. The Kier molecular flexibility index (Phi) is 5.71. The topological polar surface area (TPSA) is 43.9 Å². The van der Waals surface area contributed by atoms with Gasteiger partial charge < -0.3 is 14.7 Å². The van der Waals surface area contributed by atoms with Gasteiger partial charge in [-0.05, 0) is 32.2 Å². The van der Waals surface area contributed by atoms with Gasteiger partial charge in [-0.15, -0.1) is 0 Å². The fourth-order valence-electron chi connectivity index (χ4n) is 4.90. The Balaban J connectivity index is 1.68. The molecule has 0 radical (unpaired) electrons. The smallest absolute Gasteiger partial charge is 0.228 e. The maximum atomic E-state index is 13.3. The molecule has 1 unspecified atom stereocenters. The van der Waals surface area contributed by atoms with Gasteiger partial charge in [0.2, 0.25) is 11.8 Å². The summed E-state index contributed by atoms with van der Waals surface area (Å²) in [6.07, 6.45) is 6.22. The van der Waals surface area contributed by atoms with E-state index in [1.54, 1.807) is 0 Å². The van der Waals surface area contributed by atoms with Crippen LogP contribution < -0.4 is 0 Å². The lowest BCUT2D eigenvalue weighted by Crippen LogP contribution is -2.51. The van der Waals surface area contributed by atoms with E-state index in [4.69, 9.17) is 0 Å². The van der Waals surface area contributed by atoms with E-state index in [0.29, 0.717) is 24.8 Å². The summed E-state index contributed by atoms with van der Waals surface area (Å²) in [5, 5.41) is 0. The summed E-state index contributed by atoms with van der Waals surface area (Å²) in [4.78, 5) is 32.3. The van der Waals surface area contributed by atoms with Crippen molar-refractivity contribution in [2.24, 2.45) is 17.3 Å². The van der Waals surface area contributed by atoms with Crippen LogP contribution in [-0.2, 0) is 9.59 Å². The van der Waals surface area contributed by atoms with Crippen molar-refractivity contribution >= 4 is 11.8 Å². The minimum absolute atomic E-state index is 0.0291. The summed E-state index contributed by atoms with van der Waals surface area (Å²) in [5.41, 5.74) is 0.0634. The molecule has 0 N–H and O–H groups in total. The second-order valence-electron chi connectivity index (χ2n) is 8.96. The van der Waals surface area contributed by atoms with E-state index in [0.717, 1.165) is 52.0 Å². The van der Waals surface area contributed by atoms with Crippen molar-refractivity contribution in [2.45, 2.75) is 52.4 Å².